The summed E-state index contributed by atoms with van der Waals surface area (Å²) >= 11 is 0. The Morgan fingerprint density at radius 3 is 2.07 bits per heavy atom. The molecule has 5 aromatic rings. The number of fused-ring (bicyclic) bond motifs is 10. The molecule has 7 rings (SSSR count). The van der Waals surface area contributed by atoms with E-state index in [1.54, 1.807) is 0 Å². The number of hydrogen-bond donors (Lipinski definition) is 0. The van der Waals surface area contributed by atoms with Gasteiger partial charge in [-0.05, 0) is 36.4 Å². The van der Waals surface area contributed by atoms with Gasteiger partial charge < -0.3 is 9.47 Å². The van der Waals surface area contributed by atoms with E-state index in [2.05, 4.69) is 24.3 Å². The molecule has 0 bridgehead atoms. The highest BCUT2D eigenvalue weighted by molar-refractivity contribution is 5.84. The van der Waals surface area contributed by atoms with E-state index in [1.807, 2.05) is 77.4 Å². The number of ether oxygens (including phenoxy) is 2. The van der Waals surface area contributed by atoms with Gasteiger partial charge in [-0.25, -0.2) is 4.52 Å². The van der Waals surface area contributed by atoms with Crippen molar-refractivity contribution in [2.75, 3.05) is 0 Å². The van der Waals surface area contributed by atoms with Gasteiger partial charge in [0.25, 0.3) is 0 Å². The second kappa shape index (κ2) is 5.51. The van der Waals surface area contributed by atoms with Crippen LogP contribution in [0, 0.1) is 0 Å². The number of rotatable bonds is 0. The molecule has 4 nitrogen and oxygen atoms in total. The smallest absolute Gasteiger partial charge is 0.196 e. The zero-order valence-electron chi connectivity index (χ0n) is 15.9. The van der Waals surface area contributed by atoms with E-state index in [0.29, 0.717) is 0 Å². The Labute approximate surface area is 172 Å². The fourth-order valence-electron chi connectivity index (χ4n) is 4.84. The van der Waals surface area contributed by atoms with Crippen molar-refractivity contribution in [2.24, 2.45) is 0 Å². The van der Waals surface area contributed by atoms with Crippen LogP contribution in [-0.4, -0.2) is 9.61 Å². The topological polar surface area (TPSA) is 35.8 Å². The summed E-state index contributed by atoms with van der Waals surface area (Å²) < 4.78 is 15.2. The molecule has 0 saturated carbocycles. The fraction of sp³-hybridized carbons (Fsp3) is 0.0385. The Morgan fingerprint density at radius 1 is 0.667 bits per heavy atom. The second-order valence-electron chi connectivity index (χ2n) is 7.63. The minimum absolute atomic E-state index is 0.803. The van der Waals surface area contributed by atoms with Crippen molar-refractivity contribution in [2.45, 2.75) is 5.60 Å². The van der Waals surface area contributed by atoms with E-state index >= 15 is 0 Å². The third kappa shape index (κ3) is 1.83. The van der Waals surface area contributed by atoms with Crippen LogP contribution in [0.1, 0.15) is 16.7 Å². The molecule has 2 aliphatic heterocycles. The number of aromatic nitrogens is 2. The average Bonchev–Trinajstić information content (AvgIpc) is 3.20. The third-order valence-electron chi connectivity index (χ3n) is 6.05. The molecule has 0 radical (unpaired) electrons. The maximum atomic E-state index is 6.97. The first kappa shape index (κ1) is 15.8. The van der Waals surface area contributed by atoms with Crippen molar-refractivity contribution in [3.8, 4) is 28.5 Å². The van der Waals surface area contributed by atoms with Crippen LogP contribution in [0.4, 0.5) is 0 Å². The monoisotopic (exact) mass is 388 g/mol. The summed E-state index contributed by atoms with van der Waals surface area (Å²) in [4.78, 5) is 0. The number of hydrogen-bond acceptors (Lipinski definition) is 3. The number of pyridine rings is 1. The number of nitrogens with zero attached hydrogens (tertiary/aromatic N) is 2. The minimum atomic E-state index is -0.849. The van der Waals surface area contributed by atoms with Crippen LogP contribution in [0.15, 0.2) is 97.2 Å². The Morgan fingerprint density at radius 2 is 1.30 bits per heavy atom. The molecular weight excluding hydrogens is 372 g/mol. The molecular formula is C26H16N2O2. The average molecular weight is 388 g/mol. The van der Waals surface area contributed by atoms with E-state index in [1.165, 1.54) is 0 Å². The van der Waals surface area contributed by atoms with Crippen molar-refractivity contribution in [1.82, 2.24) is 9.61 Å². The molecule has 0 fully saturated rings. The van der Waals surface area contributed by atoms with E-state index in [0.717, 1.165) is 50.7 Å². The molecule has 0 N–H and O–H groups in total. The molecule has 142 valence electrons. The van der Waals surface area contributed by atoms with Gasteiger partial charge in [0, 0.05) is 22.9 Å². The zero-order valence-corrected chi connectivity index (χ0v) is 15.9. The van der Waals surface area contributed by atoms with Gasteiger partial charge in [0.2, 0.25) is 0 Å². The lowest BCUT2D eigenvalue weighted by Gasteiger charge is -2.42. The van der Waals surface area contributed by atoms with Crippen LogP contribution in [0.25, 0.3) is 16.8 Å². The van der Waals surface area contributed by atoms with E-state index in [-0.39, 0.29) is 0 Å². The molecule has 0 aliphatic carbocycles. The van der Waals surface area contributed by atoms with Gasteiger partial charge in [-0.1, -0.05) is 54.6 Å². The molecule has 0 unspecified atom stereocenters. The van der Waals surface area contributed by atoms with Crippen LogP contribution < -0.4 is 9.47 Å². The Kier molecular flexibility index (Phi) is 2.91. The largest absolute Gasteiger partial charge is 0.472 e. The SMILES string of the molecule is c1ccc2c(c1)OC1(c3ccccc3Oc3ccccc31)c1c-2nn2ccccc12. The number of para-hydroxylation sites is 3. The standard InChI is InChI=1S/C26H16N2O2/c1-4-13-21-17(9-1)25-24(20-12-7-8-16-28(20)27-25)26(30-21)18-10-2-5-14-22(18)29-23-15-6-3-11-19(23)26/h1-16H. The molecule has 30 heavy (non-hydrogen) atoms. The quantitative estimate of drug-likeness (QED) is 0.337. The molecule has 0 amide bonds. The number of benzene rings is 3. The highest BCUT2D eigenvalue weighted by Crippen LogP contribution is 2.58. The molecule has 2 aliphatic rings. The van der Waals surface area contributed by atoms with Crippen LogP contribution in [0.5, 0.6) is 17.2 Å². The summed E-state index contributed by atoms with van der Waals surface area (Å²) in [6, 6.07) is 30.5. The Bertz CT molecular complexity index is 1420. The second-order valence-corrected chi connectivity index (χ2v) is 7.63. The van der Waals surface area contributed by atoms with Crippen molar-refractivity contribution < 1.29 is 9.47 Å². The summed E-state index contributed by atoms with van der Waals surface area (Å²) in [5, 5.41) is 4.99. The first-order valence-corrected chi connectivity index (χ1v) is 9.99. The maximum Gasteiger partial charge on any atom is 0.196 e. The molecule has 2 aromatic heterocycles. The van der Waals surface area contributed by atoms with Crippen molar-refractivity contribution >= 4 is 5.52 Å². The van der Waals surface area contributed by atoms with Crippen LogP contribution in [-0.2, 0) is 5.60 Å². The molecule has 0 atom stereocenters. The summed E-state index contributed by atoms with van der Waals surface area (Å²) in [6.45, 7) is 0. The first-order valence-electron chi connectivity index (χ1n) is 9.99. The van der Waals surface area contributed by atoms with Crippen LogP contribution in [0.3, 0.4) is 0 Å². The van der Waals surface area contributed by atoms with Crippen molar-refractivity contribution in [3.05, 3.63) is 114 Å². The van der Waals surface area contributed by atoms with E-state index in [9.17, 15) is 0 Å². The molecule has 4 heterocycles. The molecule has 1 spiro atoms. The predicted molar refractivity (Wildman–Crippen MR) is 114 cm³/mol. The molecule has 3 aromatic carbocycles. The summed E-state index contributed by atoms with van der Waals surface area (Å²) in [5.74, 6) is 2.42. The van der Waals surface area contributed by atoms with Crippen molar-refractivity contribution in [1.29, 1.82) is 0 Å². The lowest BCUT2D eigenvalue weighted by Crippen LogP contribution is -2.40. The summed E-state index contributed by atoms with van der Waals surface area (Å²) in [6.07, 6.45) is 1.99. The zero-order chi connectivity index (χ0) is 19.7. The highest BCUT2D eigenvalue weighted by Gasteiger charge is 2.52. The van der Waals surface area contributed by atoms with Gasteiger partial charge in [-0.3, -0.25) is 0 Å². The maximum absolute atomic E-state index is 6.97. The highest BCUT2D eigenvalue weighted by atomic mass is 16.5. The van der Waals surface area contributed by atoms with Gasteiger partial charge in [0.05, 0.1) is 11.1 Å². The van der Waals surface area contributed by atoms with E-state index in [4.69, 9.17) is 14.6 Å². The minimum Gasteiger partial charge on any atom is -0.472 e. The van der Waals surface area contributed by atoms with Crippen LogP contribution >= 0.6 is 0 Å². The summed E-state index contributed by atoms with van der Waals surface area (Å²) in [5.41, 5.74) is 5.13. The van der Waals surface area contributed by atoms with E-state index < -0.39 is 5.60 Å². The molecule has 0 saturated heterocycles. The van der Waals surface area contributed by atoms with Gasteiger partial charge in [-0.2, -0.15) is 5.10 Å². The van der Waals surface area contributed by atoms with Gasteiger partial charge in [-0.15, -0.1) is 0 Å². The molecule has 4 heteroatoms. The van der Waals surface area contributed by atoms with Gasteiger partial charge in [0.1, 0.15) is 22.9 Å². The fourth-order valence-corrected chi connectivity index (χ4v) is 4.84. The Balaban J connectivity index is 1.71. The van der Waals surface area contributed by atoms with Crippen LogP contribution in [0.2, 0.25) is 0 Å². The normalized spacial score (nSPS) is 14.8. The predicted octanol–water partition coefficient (Wildman–Crippen LogP) is 5.79. The van der Waals surface area contributed by atoms with Crippen molar-refractivity contribution in [3.63, 3.8) is 0 Å². The lowest BCUT2D eigenvalue weighted by atomic mass is 9.75. The van der Waals surface area contributed by atoms with Gasteiger partial charge >= 0.3 is 0 Å². The Hall–Kier alpha value is -4.05. The first-order chi connectivity index (χ1) is 14.9. The lowest BCUT2D eigenvalue weighted by molar-refractivity contribution is 0.139. The van der Waals surface area contributed by atoms with Gasteiger partial charge in [0.15, 0.2) is 5.60 Å². The third-order valence-corrected chi connectivity index (χ3v) is 6.05. The summed E-state index contributed by atoms with van der Waals surface area (Å²) in [7, 11) is 0.